The molecule has 1 atom stereocenters. The zero-order valence-corrected chi connectivity index (χ0v) is 13.7. The van der Waals surface area contributed by atoms with Gasteiger partial charge in [-0.25, -0.2) is 9.18 Å². The molecule has 0 heterocycles. The zero-order chi connectivity index (χ0) is 17.1. The van der Waals surface area contributed by atoms with Crippen molar-refractivity contribution in [1.82, 2.24) is 5.32 Å². The topological polar surface area (TPSA) is 78.8 Å². The molecule has 22 heavy (non-hydrogen) atoms. The third-order valence-corrected chi connectivity index (χ3v) is 3.22. The Labute approximate surface area is 134 Å². The van der Waals surface area contributed by atoms with Gasteiger partial charge in [0.15, 0.2) is 0 Å². The molecule has 0 aliphatic carbocycles. The monoisotopic (exact) mass is 331 g/mol. The number of carbonyl (C=O) groups excluding carboxylic acids is 1. The van der Waals surface area contributed by atoms with Gasteiger partial charge in [-0.2, -0.15) is 0 Å². The maximum absolute atomic E-state index is 14.4. The second-order valence-electron chi connectivity index (χ2n) is 5.85. The first-order valence-electron chi connectivity index (χ1n) is 6.90. The van der Waals surface area contributed by atoms with Crippen LogP contribution < -0.4 is 10.8 Å². The first-order valence-corrected chi connectivity index (χ1v) is 7.28. The SMILES string of the molecule is CC[C@@H](NC(=O)OC(C)(C)C)c1ccc(Cl)c(B(O)O)c1F. The van der Waals surface area contributed by atoms with Crippen LogP contribution in [0.5, 0.6) is 0 Å². The van der Waals surface area contributed by atoms with Crippen LogP contribution in [0.1, 0.15) is 45.7 Å². The molecule has 0 aliphatic rings. The Morgan fingerprint density at radius 2 is 2.05 bits per heavy atom. The molecule has 3 N–H and O–H groups in total. The first-order chi connectivity index (χ1) is 10.1. The summed E-state index contributed by atoms with van der Waals surface area (Å²) < 4.78 is 19.5. The molecule has 0 bridgehead atoms. The van der Waals surface area contributed by atoms with Gasteiger partial charge in [0.25, 0.3) is 0 Å². The molecule has 0 radical (unpaired) electrons. The summed E-state index contributed by atoms with van der Waals surface area (Å²) in [7, 11) is -2.04. The lowest BCUT2D eigenvalue weighted by Crippen LogP contribution is -2.38. The van der Waals surface area contributed by atoms with Gasteiger partial charge in [-0.15, -0.1) is 0 Å². The van der Waals surface area contributed by atoms with Gasteiger partial charge in [0.2, 0.25) is 0 Å². The lowest BCUT2D eigenvalue weighted by molar-refractivity contribution is 0.0501. The Kier molecular flexibility index (Phi) is 6.22. The highest BCUT2D eigenvalue weighted by atomic mass is 35.5. The smallest absolute Gasteiger partial charge is 0.444 e. The fourth-order valence-corrected chi connectivity index (χ4v) is 2.19. The van der Waals surface area contributed by atoms with E-state index in [0.29, 0.717) is 6.42 Å². The van der Waals surface area contributed by atoms with Crippen LogP contribution in [0.25, 0.3) is 0 Å². The number of hydrogen-bond acceptors (Lipinski definition) is 4. The minimum absolute atomic E-state index is 0.0941. The van der Waals surface area contributed by atoms with E-state index >= 15 is 0 Å². The second-order valence-corrected chi connectivity index (χ2v) is 6.25. The van der Waals surface area contributed by atoms with Gasteiger partial charge in [0.1, 0.15) is 11.4 Å². The van der Waals surface area contributed by atoms with E-state index in [2.05, 4.69) is 5.32 Å². The minimum atomic E-state index is -2.04. The highest BCUT2D eigenvalue weighted by Crippen LogP contribution is 2.22. The van der Waals surface area contributed by atoms with Gasteiger partial charge in [0.05, 0.1) is 6.04 Å². The zero-order valence-electron chi connectivity index (χ0n) is 13.0. The summed E-state index contributed by atoms with van der Waals surface area (Å²) >= 11 is 5.77. The highest BCUT2D eigenvalue weighted by Gasteiger charge is 2.27. The minimum Gasteiger partial charge on any atom is -0.444 e. The van der Waals surface area contributed by atoms with Crippen LogP contribution in [0.2, 0.25) is 5.02 Å². The lowest BCUT2D eigenvalue weighted by atomic mass is 9.78. The summed E-state index contributed by atoms with van der Waals surface area (Å²) in [5.41, 5.74) is -0.975. The maximum atomic E-state index is 14.4. The Bertz CT molecular complexity index is 548. The number of amides is 1. The van der Waals surface area contributed by atoms with Crippen LogP contribution in [0.4, 0.5) is 9.18 Å². The van der Waals surface area contributed by atoms with Crippen LogP contribution in [0, 0.1) is 5.82 Å². The summed E-state index contributed by atoms with van der Waals surface area (Å²) in [5, 5.41) is 20.9. The van der Waals surface area contributed by atoms with E-state index in [1.807, 2.05) is 0 Å². The van der Waals surface area contributed by atoms with Crippen molar-refractivity contribution in [3.63, 3.8) is 0 Å². The van der Waals surface area contributed by atoms with E-state index in [9.17, 15) is 19.2 Å². The molecule has 122 valence electrons. The number of halogens is 2. The van der Waals surface area contributed by atoms with E-state index in [-0.39, 0.29) is 10.6 Å². The number of carbonyl (C=O) groups is 1. The van der Waals surface area contributed by atoms with Crippen LogP contribution in [-0.2, 0) is 4.74 Å². The molecule has 0 aromatic heterocycles. The summed E-state index contributed by atoms with van der Waals surface area (Å²) in [4.78, 5) is 11.8. The Morgan fingerprint density at radius 3 is 2.50 bits per heavy atom. The van der Waals surface area contributed by atoms with Gasteiger partial charge in [0, 0.05) is 16.0 Å². The van der Waals surface area contributed by atoms with Gasteiger partial charge in [-0.1, -0.05) is 24.6 Å². The Hall–Kier alpha value is -1.31. The lowest BCUT2D eigenvalue weighted by Gasteiger charge is -2.24. The van der Waals surface area contributed by atoms with E-state index in [1.54, 1.807) is 27.7 Å². The van der Waals surface area contributed by atoms with Crippen LogP contribution >= 0.6 is 11.6 Å². The van der Waals surface area contributed by atoms with Crippen molar-refractivity contribution >= 4 is 30.3 Å². The quantitative estimate of drug-likeness (QED) is 0.739. The molecule has 1 rings (SSSR count). The fraction of sp³-hybridized carbons (Fsp3) is 0.500. The Morgan fingerprint density at radius 1 is 1.45 bits per heavy atom. The predicted octanol–water partition coefficient (Wildman–Crippen LogP) is 2.13. The van der Waals surface area contributed by atoms with Crippen molar-refractivity contribution in [2.24, 2.45) is 0 Å². The first kappa shape index (κ1) is 18.7. The predicted molar refractivity (Wildman–Crippen MR) is 83.6 cm³/mol. The fourth-order valence-electron chi connectivity index (χ4n) is 1.94. The molecule has 0 unspecified atom stereocenters. The van der Waals surface area contributed by atoms with Crippen molar-refractivity contribution in [2.45, 2.75) is 45.8 Å². The van der Waals surface area contributed by atoms with E-state index in [1.165, 1.54) is 12.1 Å². The molecule has 0 aliphatic heterocycles. The molecule has 8 heteroatoms. The normalized spacial score (nSPS) is 12.7. The number of benzene rings is 1. The van der Waals surface area contributed by atoms with Gasteiger partial charge >= 0.3 is 13.2 Å². The summed E-state index contributed by atoms with van der Waals surface area (Å²) in [6, 6.07) is 2.08. The molecule has 0 saturated heterocycles. The van der Waals surface area contributed by atoms with Gasteiger partial charge in [-0.05, 0) is 33.3 Å². The maximum Gasteiger partial charge on any atom is 0.493 e. The third kappa shape index (κ3) is 4.86. The van der Waals surface area contributed by atoms with Crippen LogP contribution in [0.15, 0.2) is 12.1 Å². The van der Waals surface area contributed by atoms with Crippen molar-refractivity contribution in [2.75, 3.05) is 0 Å². The van der Waals surface area contributed by atoms with Crippen molar-refractivity contribution < 1.29 is 24.0 Å². The second kappa shape index (κ2) is 7.31. The van der Waals surface area contributed by atoms with Crippen molar-refractivity contribution in [3.8, 4) is 0 Å². The largest absolute Gasteiger partial charge is 0.493 e. The standard InChI is InChI=1S/C14H20BClFNO4/c1-5-10(18-13(19)22-14(2,3)4)8-6-7-9(16)11(12(8)17)15(20)21/h6-7,10,20-21H,5H2,1-4H3,(H,18,19)/t10-/m1/s1. The molecule has 1 amide bonds. The summed E-state index contributed by atoms with van der Waals surface area (Å²) in [5.74, 6) is -0.856. The molecular formula is C14H20BClFNO4. The summed E-state index contributed by atoms with van der Waals surface area (Å²) in [6.07, 6.45) is -0.293. The third-order valence-electron chi connectivity index (χ3n) is 2.89. The highest BCUT2D eigenvalue weighted by molar-refractivity contribution is 6.62. The van der Waals surface area contributed by atoms with Crippen LogP contribution in [0.3, 0.4) is 0 Å². The van der Waals surface area contributed by atoms with Gasteiger partial charge < -0.3 is 20.1 Å². The van der Waals surface area contributed by atoms with Gasteiger partial charge in [-0.3, -0.25) is 0 Å². The Balaban J connectivity index is 3.06. The number of nitrogens with one attached hydrogen (secondary N) is 1. The summed E-state index contributed by atoms with van der Waals surface area (Å²) in [6.45, 7) is 6.91. The molecule has 0 fully saturated rings. The van der Waals surface area contributed by atoms with E-state index in [0.717, 1.165) is 0 Å². The van der Waals surface area contributed by atoms with E-state index in [4.69, 9.17) is 16.3 Å². The number of ether oxygens (including phenoxy) is 1. The number of rotatable bonds is 4. The average Bonchev–Trinajstić information content (AvgIpc) is 2.34. The van der Waals surface area contributed by atoms with Crippen molar-refractivity contribution in [1.29, 1.82) is 0 Å². The molecule has 5 nitrogen and oxygen atoms in total. The average molecular weight is 332 g/mol. The molecule has 0 spiro atoms. The van der Waals surface area contributed by atoms with Crippen molar-refractivity contribution in [3.05, 3.63) is 28.5 Å². The number of hydrogen-bond donors (Lipinski definition) is 3. The molecule has 0 saturated carbocycles. The molecular weight excluding hydrogens is 311 g/mol. The van der Waals surface area contributed by atoms with E-state index < -0.39 is 36.1 Å². The molecule has 1 aromatic carbocycles. The number of alkyl carbamates (subject to hydrolysis) is 1. The molecule has 1 aromatic rings. The van der Waals surface area contributed by atoms with Crippen LogP contribution in [-0.4, -0.2) is 28.9 Å².